The molecule has 2 fully saturated rings. The Labute approximate surface area is 184 Å². The van der Waals surface area contributed by atoms with E-state index in [4.69, 9.17) is 24.9 Å². The minimum atomic E-state index is -2.76. The zero-order chi connectivity index (χ0) is 22.7. The minimum Gasteiger partial charge on any atom is -0.384 e. The number of nitrogen functional groups attached to an aromatic ring is 1. The first-order valence-electron chi connectivity index (χ1n) is 10.5. The number of anilines is 3. The Morgan fingerprint density at radius 3 is 2.50 bits per heavy atom. The summed E-state index contributed by atoms with van der Waals surface area (Å²) < 4.78 is 44.1. The van der Waals surface area contributed by atoms with Gasteiger partial charge in [-0.25, -0.2) is 13.8 Å². The number of halogens is 2. The van der Waals surface area contributed by atoms with Gasteiger partial charge in [0.15, 0.2) is 5.82 Å². The molecule has 0 amide bonds. The molecule has 0 aliphatic carbocycles. The first kappa shape index (κ1) is 22.5. The van der Waals surface area contributed by atoms with Crippen molar-refractivity contribution < 1.29 is 23.0 Å². The van der Waals surface area contributed by atoms with Gasteiger partial charge in [0.2, 0.25) is 11.9 Å². The van der Waals surface area contributed by atoms with E-state index in [9.17, 15) is 8.78 Å². The Kier molecular flexibility index (Phi) is 6.92. The summed E-state index contributed by atoms with van der Waals surface area (Å²) in [5.41, 5.74) is 5.50. The maximum absolute atomic E-state index is 13.8. The maximum Gasteiger partial charge on any atom is 0.264 e. The van der Waals surface area contributed by atoms with E-state index in [1.54, 1.807) is 7.11 Å². The lowest BCUT2D eigenvalue weighted by Gasteiger charge is -2.37. The van der Waals surface area contributed by atoms with Crippen molar-refractivity contribution >= 4 is 17.7 Å². The van der Waals surface area contributed by atoms with Gasteiger partial charge in [-0.2, -0.15) is 15.0 Å². The molecule has 2 atom stereocenters. The quantitative estimate of drug-likeness (QED) is 0.694. The highest BCUT2D eigenvalue weighted by Gasteiger charge is 2.30. The lowest BCUT2D eigenvalue weighted by atomic mass is 10.1. The number of pyridine rings is 1. The van der Waals surface area contributed by atoms with Crippen molar-refractivity contribution in [1.82, 2.24) is 19.9 Å². The van der Waals surface area contributed by atoms with E-state index < -0.39 is 6.43 Å². The number of hydrogen-bond acceptors (Lipinski definition) is 10. The van der Waals surface area contributed by atoms with Crippen LogP contribution in [0.5, 0.6) is 0 Å². The maximum atomic E-state index is 13.8. The van der Waals surface area contributed by atoms with Crippen LogP contribution in [0.3, 0.4) is 0 Å². The van der Waals surface area contributed by atoms with E-state index in [0.29, 0.717) is 58.0 Å². The van der Waals surface area contributed by atoms with Gasteiger partial charge >= 0.3 is 0 Å². The van der Waals surface area contributed by atoms with Gasteiger partial charge in [-0.1, -0.05) is 0 Å². The van der Waals surface area contributed by atoms with E-state index in [0.717, 1.165) is 6.07 Å². The molecule has 10 nitrogen and oxygen atoms in total. The van der Waals surface area contributed by atoms with Crippen molar-refractivity contribution in [2.75, 3.05) is 68.8 Å². The third kappa shape index (κ3) is 4.71. The van der Waals surface area contributed by atoms with Gasteiger partial charge in [0, 0.05) is 37.5 Å². The molecule has 2 aromatic heterocycles. The average molecular weight is 451 g/mol. The number of nitrogens with two attached hydrogens (primary N) is 1. The zero-order valence-electron chi connectivity index (χ0n) is 18.1. The van der Waals surface area contributed by atoms with Crippen LogP contribution in [0.25, 0.3) is 11.4 Å². The van der Waals surface area contributed by atoms with Crippen LogP contribution in [0.15, 0.2) is 12.3 Å². The standard InChI is InChI=1S/C20H27F2N7O3/c1-12-9-31-5-3-28(12)19-25-18(15-8-24-16(23)7-14(15)17(21)22)26-20(27-19)29-4-6-32-11-13(29)10-30-2/h7-8,12-13,17H,3-6,9-11H2,1-2H3,(H2,23,24)/t12-,13-/m1/s1. The summed E-state index contributed by atoms with van der Waals surface area (Å²) in [5.74, 6) is 0.912. The largest absolute Gasteiger partial charge is 0.384 e. The molecule has 0 saturated carbocycles. The van der Waals surface area contributed by atoms with Crippen LogP contribution in [0, 0.1) is 0 Å². The Hall–Kier alpha value is -2.70. The van der Waals surface area contributed by atoms with Crippen LogP contribution < -0.4 is 15.5 Å². The van der Waals surface area contributed by atoms with Crippen LogP contribution in [-0.2, 0) is 14.2 Å². The predicted octanol–water partition coefficient (Wildman–Crippen LogP) is 1.53. The molecule has 0 unspecified atom stereocenters. The number of morpholine rings is 2. The van der Waals surface area contributed by atoms with Gasteiger partial charge in [0.1, 0.15) is 5.82 Å². The summed E-state index contributed by atoms with van der Waals surface area (Å²) in [5, 5.41) is 0. The van der Waals surface area contributed by atoms with E-state index in [1.165, 1.54) is 6.20 Å². The number of hydrogen-bond donors (Lipinski definition) is 1. The Bertz CT molecular complexity index is 934. The van der Waals surface area contributed by atoms with Crippen molar-refractivity contribution in [2.24, 2.45) is 0 Å². The van der Waals surface area contributed by atoms with Crippen LogP contribution in [0.2, 0.25) is 0 Å². The molecular formula is C20H27F2N7O3. The van der Waals surface area contributed by atoms with Crippen molar-refractivity contribution in [1.29, 1.82) is 0 Å². The molecule has 2 aliphatic rings. The molecule has 0 spiro atoms. The summed E-state index contributed by atoms with van der Waals surface area (Å²) >= 11 is 0. The fourth-order valence-corrected chi connectivity index (χ4v) is 3.86. The van der Waals surface area contributed by atoms with E-state index in [1.807, 2.05) is 16.7 Å². The fraction of sp³-hybridized carbons (Fsp3) is 0.600. The van der Waals surface area contributed by atoms with Gasteiger partial charge in [-0.15, -0.1) is 0 Å². The second kappa shape index (κ2) is 9.84. The Morgan fingerprint density at radius 2 is 1.81 bits per heavy atom. The van der Waals surface area contributed by atoms with Crippen LogP contribution in [-0.4, -0.2) is 85.3 Å². The molecule has 174 valence electrons. The van der Waals surface area contributed by atoms with Gasteiger partial charge in [0.25, 0.3) is 6.43 Å². The second-order valence-electron chi connectivity index (χ2n) is 7.75. The average Bonchev–Trinajstić information content (AvgIpc) is 2.79. The highest BCUT2D eigenvalue weighted by Crippen LogP contribution is 2.32. The summed E-state index contributed by atoms with van der Waals surface area (Å²) in [7, 11) is 1.61. The van der Waals surface area contributed by atoms with Crippen molar-refractivity contribution in [3.63, 3.8) is 0 Å². The Balaban J connectivity index is 1.83. The number of rotatable bonds is 6. The number of methoxy groups -OCH3 is 1. The van der Waals surface area contributed by atoms with E-state index in [-0.39, 0.29) is 34.9 Å². The van der Waals surface area contributed by atoms with Crippen molar-refractivity contribution in [2.45, 2.75) is 25.4 Å². The van der Waals surface area contributed by atoms with Gasteiger partial charge in [-0.05, 0) is 13.0 Å². The lowest BCUT2D eigenvalue weighted by Crippen LogP contribution is -2.49. The normalized spacial score (nSPS) is 21.9. The second-order valence-corrected chi connectivity index (χ2v) is 7.75. The van der Waals surface area contributed by atoms with E-state index in [2.05, 4.69) is 15.0 Å². The zero-order valence-corrected chi connectivity index (χ0v) is 18.1. The molecule has 4 heterocycles. The third-order valence-electron chi connectivity index (χ3n) is 5.51. The predicted molar refractivity (Wildman–Crippen MR) is 114 cm³/mol. The monoisotopic (exact) mass is 451 g/mol. The lowest BCUT2D eigenvalue weighted by molar-refractivity contribution is 0.0593. The molecule has 4 rings (SSSR count). The minimum absolute atomic E-state index is 0.00805. The number of aromatic nitrogens is 4. The molecule has 2 aliphatic heterocycles. The summed E-state index contributed by atoms with van der Waals surface area (Å²) in [4.78, 5) is 21.8. The highest BCUT2D eigenvalue weighted by molar-refractivity contribution is 5.64. The molecule has 2 aromatic rings. The van der Waals surface area contributed by atoms with Gasteiger partial charge in [0.05, 0.1) is 45.1 Å². The number of alkyl halides is 2. The van der Waals surface area contributed by atoms with Crippen LogP contribution in [0.4, 0.5) is 26.5 Å². The van der Waals surface area contributed by atoms with E-state index >= 15 is 0 Å². The molecule has 0 aromatic carbocycles. The van der Waals surface area contributed by atoms with Gasteiger partial charge in [-0.3, -0.25) is 0 Å². The van der Waals surface area contributed by atoms with Gasteiger partial charge < -0.3 is 29.7 Å². The topological polar surface area (TPSA) is 112 Å². The molecule has 12 heteroatoms. The first-order chi connectivity index (χ1) is 15.5. The smallest absolute Gasteiger partial charge is 0.264 e. The Morgan fingerprint density at radius 1 is 1.12 bits per heavy atom. The van der Waals surface area contributed by atoms with Crippen LogP contribution >= 0.6 is 0 Å². The first-order valence-corrected chi connectivity index (χ1v) is 10.5. The SMILES string of the molecule is COC[C@@H]1COCCN1c1nc(-c2cnc(N)cc2C(F)F)nc(N2CCOC[C@H]2C)n1. The number of nitrogens with zero attached hydrogens (tertiary/aromatic N) is 6. The fourth-order valence-electron chi connectivity index (χ4n) is 3.86. The van der Waals surface area contributed by atoms with Crippen molar-refractivity contribution in [3.05, 3.63) is 17.8 Å². The number of ether oxygens (including phenoxy) is 3. The molecule has 2 N–H and O–H groups in total. The highest BCUT2D eigenvalue weighted by atomic mass is 19.3. The molecule has 32 heavy (non-hydrogen) atoms. The van der Waals surface area contributed by atoms with Crippen molar-refractivity contribution in [3.8, 4) is 11.4 Å². The molecule has 2 saturated heterocycles. The summed E-state index contributed by atoms with van der Waals surface area (Å²) in [6.45, 7) is 5.52. The summed E-state index contributed by atoms with van der Waals surface area (Å²) in [6.07, 6.45) is -1.47. The third-order valence-corrected chi connectivity index (χ3v) is 5.51. The molecule has 0 radical (unpaired) electrons. The molecule has 0 bridgehead atoms. The molecular weight excluding hydrogens is 424 g/mol. The summed E-state index contributed by atoms with van der Waals surface area (Å²) in [6, 6.07) is 1.06. The van der Waals surface area contributed by atoms with Crippen LogP contribution in [0.1, 0.15) is 18.9 Å².